The zero-order chi connectivity index (χ0) is 13.1. The van der Waals surface area contributed by atoms with Gasteiger partial charge >= 0.3 is 0 Å². The van der Waals surface area contributed by atoms with Crippen molar-refractivity contribution in [1.82, 2.24) is 9.80 Å². The molecule has 18 heavy (non-hydrogen) atoms. The number of nitrogens with zero attached hydrogens (tertiary/aromatic N) is 2. The van der Waals surface area contributed by atoms with Gasteiger partial charge in [0.05, 0.1) is 18.8 Å². The Hall–Kier alpha value is -0.650. The highest BCUT2D eigenvalue weighted by Crippen LogP contribution is 2.13. The number of hydrogen-bond donors (Lipinski definition) is 1. The van der Waals surface area contributed by atoms with E-state index in [0.717, 1.165) is 39.0 Å². The first-order valence-corrected chi connectivity index (χ1v) is 6.95. The first-order chi connectivity index (χ1) is 8.54. The first kappa shape index (κ1) is 13.8. The average molecular weight is 255 g/mol. The summed E-state index contributed by atoms with van der Waals surface area (Å²) in [6.45, 7) is 7.91. The standard InChI is InChI=1S/C13H25N3O2/c1-10-7-16(8-11(2)18-10)13(17)9-15-5-3-12(14)4-6-15/h10-12H,3-9,14H2,1-2H3/t10-,11+. The van der Waals surface area contributed by atoms with Crippen molar-refractivity contribution < 1.29 is 9.53 Å². The van der Waals surface area contributed by atoms with Crippen molar-refractivity contribution in [3.8, 4) is 0 Å². The van der Waals surface area contributed by atoms with Crippen LogP contribution in [0.5, 0.6) is 0 Å². The maximum absolute atomic E-state index is 12.2. The summed E-state index contributed by atoms with van der Waals surface area (Å²) >= 11 is 0. The van der Waals surface area contributed by atoms with E-state index in [1.165, 1.54) is 0 Å². The number of rotatable bonds is 2. The molecule has 2 N–H and O–H groups in total. The van der Waals surface area contributed by atoms with Gasteiger partial charge in [0.2, 0.25) is 5.91 Å². The van der Waals surface area contributed by atoms with Crippen molar-refractivity contribution in [2.75, 3.05) is 32.7 Å². The van der Waals surface area contributed by atoms with Crippen LogP contribution in [0.2, 0.25) is 0 Å². The summed E-state index contributed by atoms with van der Waals surface area (Å²) in [6, 6.07) is 0.319. The highest BCUT2D eigenvalue weighted by Gasteiger charge is 2.27. The SMILES string of the molecule is C[C@@H]1CN(C(=O)CN2CCC(N)CC2)C[C@H](C)O1. The number of piperidine rings is 1. The van der Waals surface area contributed by atoms with Crippen molar-refractivity contribution in [2.24, 2.45) is 5.73 Å². The minimum Gasteiger partial charge on any atom is -0.372 e. The number of likely N-dealkylation sites (tertiary alicyclic amines) is 1. The fraction of sp³-hybridized carbons (Fsp3) is 0.923. The maximum atomic E-state index is 12.2. The Kier molecular flexibility index (Phi) is 4.59. The molecule has 104 valence electrons. The molecule has 1 amide bonds. The highest BCUT2D eigenvalue weighted by molar-refractivity contribution is 5.78. The van der Waals surface area contributed by atoms with Crippen LogP contribution in [0.15, 0.2) is 0 Å². The summed E-state index contributed by atoms with van der Waals surface area (Å²) in [5, 5.41) is 0. The molecule has 0 aromatic rings. The number of amides is 1. The molecule has 2 rings (SSSR count). The van der Waals surface area contributed by atoms with Gasteiger partial charge < -0.3 is 15.4 Å². The van der Waals surface area contributed by atoms with E-state index < -0.39 is 0 Å². The summed E-state index contributed by atoms with van der Waals surface area (Å²) in [7, 11) is 0. The molecule has 0 aromatic carbocycles. The Labute approximate surface area is 109 Å². The van der Waals surface area contributed by atoms with Crippen molar-refractivity contribution in [3.05, 3.63) is 0 Å². The molecule has 0 bridgehead atoms. The zero-order valence-electron chi connectivity index (χ0n) is 11.5. The molecule has 0 radical (unpaired) electrons. The molecule has 2 atom stereocenters. The molecule has 2 aliphatic rings. The molecular weight excluding hydrogens is 230 g/mol. The van der Waals surface area contributed by atoms with Gasteiger partial charge in [0.25, 0.3) is 0 Å². The number of hydrogen-bond acceptors (Lipinski definition) is 4. The van der Waals surface area contributed by atoms with Crippen LogP contribution in [0.25, 0.3) is 0 Å². The highest BCUT2D eigenvalue weighted by atomic mass is 16.5. The molecule has 5 heteroatoms. The quantitative estimate of drug-likeness (QED) is 0.757. The Balaban J connectivity index is 1.80. The van der Waals surface area contributed by atoms with E-state index >= 15 is 0 Å². The van der Waals surface area contributed by atoms with E-state index in [1.54, 1.807) is 0 Å². The van der Waals surface area contributed by atoms with Crippen molar-refractivity contribution in [1.29, 1.82) is 0 Å². The Morgan fingerprint density at radius 1 is 1.22 bits per heavy atom. The predicted octanol–water partition coefficient (Wildman–Crippen LogP) is 0.0453. The van der Waals surface area contributed by atoms with Crippen LogP contribution in [-0.2, 0) is 9.53 Å². The number of morpholine rings is 1. The number of ether oxygens (including phenoxy) is 1. The molecule has 0 aromatic heterocycles. The number of carbonyl (C=O) groups excluding carboxylic acids is 1. The fourth-order valence-corrected chi connectivity index (χ4v) is 2.78. The molecule has 2 aliphatic heterocycles. The third kappa shape index (κ3) is 3.67. The van der Waals surface area contributed by atoms with Crippen LogP contribution in [0, 0.1) is 0 Å². The van der Waals surface area contributed by atoms with E-state index in [9.17, 15) is 4.79 Å². The van der Waals surface area contributed by atoms with E-state index in [-0.39, 0.29) is 18.1 Å². The summed E-state index contributed by atoms with van der Waals surface area (Å²) < 4.78 is 5.65. The van der Waals surface area contributed by atoms with Crippen LogP contribution in [-0.4, -0.2) is 66.7 Å². The normalized spacial score (nSPS) is 31.6. The van der Waals surface area contributed by atoms with Crippen molar-refractivity contribution in [2.45, 2.75) is 44.9 Å². The van der Waals surface area contributed by atoms with Crippen LogP contribution >= 0.6 is 0 Å². The molecule has 2 saturated heterocycles. The molecular formula is C13H25N3O2. The predicted molar refractivity (Wildman–Crippen MR) is 70.2 cm³/mol. The van der Waals surface area contributed by atoms with Gasteiger partial charge in [-0.25, -0.2) is 0 Å². The number of carbonyl (C=O) groups is 1. The Morgan fingerprint density at radius 2 is 1.78 bits per heavy atom. The van der Waals surface area contributed by atoms with Gasteiger partial charge in [0.1, 0.15) is 0 Å². The second kappa shape index (κ2) is 5.99. The van der Waals surface area contributed by atoms with E-state index in [1.807, 2.05) is 18.7 Å². The molecule has 2 fully saturated rings. The summed E-state index contributed by atoms with van der Waals surface area (Å²) in [4.78, 5) is 16.4. The minimum absolute atomic E-state index is 0.146. The van der Waals surface area contributed by atoms with Crippen LogP contribution in [0.1, 0.15) is 26.7 Å². The minimum atomic E-state index is 0.146. The first-order valence-electron chi connectivity index (χ1n) is 6.95. The second-order valence-corrected chi connectivity index (χ2v) is 5.67. The molecule has 2 heterocycles. The van der Waals surface area contributed by atoms with Gasteiger partial charge in [-0.05, 0) is 26.7 Å². The lowest BCUT2D eigenvalue weighted by Crippen LogP contribution is -2.52. The topological polar surface area (TPSA) is 58.8 Å². The van der Waals surface area contributed by atoms with E-state index in [2.05, 4.69) is 4.90 Å². The van der Waals surface area contributed by atoms with Gasteiger partial charge in [-0.15, -0.1) is 0 Å². The lowest BCUT2D eigenvalue weighted by atomic mass is 10.1. The Morgan fingerprint density at radius 3 is 2.33 bits per heavy atom. The van der Waals surface area contributed by atoms with Gasteiger partial charge in [-0.1, -0.05) is 0 Å². The molecule has 0 aliphatic carbocycles. The fourth-order valence-electron chi connectivity index (χ4n) is 2.78. The van der Waals surface area contributed by atoms with E-state index in [4.69, 9.17) is 10.5 Å². The molecule has 0 unspecified atom stereocenters. The third-order valence-corrected chi connectivity index (χ3v) is 3.76. The van der Waals surface area contributed by atoms with Crippen LogP contribution < -0.4 is 5.73 Å². The zero-order valence-corrected chi connectivity index (χ0v) is 11.5. The van der Waals surface area contributed by atoms with Crippen LogP contribution in [0.4, 0.5) is 0 Å². The lowest BCUT2D eigenvalue weighted by molar-refractivity contribution is -0.144. The summed E-state index contributed by atoms with van der Waals surface area (Å²) in [6.07, 6.45) is 2.30. The largest absolute Gasteiger partial charge is 0.372 e. The number of nitrogens with two attached hydrogens (primary N) is 1. The molecule has 0 spiro atoms. The van der Waals surface area contributed by atoms with Gasteiger partial charge in [-0.3, -0.25) is 9.69 Å². The monoisotopic (exact) mass is 255 g/mol. The third-order valence-electron chi connectivity index (χ3n) is 3.76. The van der Waals surface area contributed by atoms with Gasteiger partial charge in [0.15, 0.2) is 0 Å². The molecule has 5 nitrogen and oxygen atoms in total. The average Bonchev–Trinajstić information content (AvgIpc) is 2.31. The second-order valence-electron chi connectivity index (χ2n) is 5.67. The summed E-state index contributed by atoms with van der Waals surface area (Å²) in [5.74, 6) is 0.229. The maximum Gasteiger partial charge on any atom is 0.236 e. The smallest absolute Gasteiger partial charge is 0.236 e. The van der Waals surface area contributed by atoms with Crippen LogP contribution in [0.3, 0.4) is 0 Å². The lowest BCUT2D eigenvalue weighted by Gasteiger charge is -2.37. The van der Waals surface area contributed by atoms with Gasteiger partial charge in [-0.2, -0.15) is 0 Å². The van der Waals surface area contributed by atoms with Crippen molar-refractivity contribution in [3.63, 3.8) is 0 Å². The summed E-state index contributed by atoms with van der Waals surface area (Å²) in [5.41, 5.74) is 5.87. The molecule has 0 saturated carbocycles. The van der Waals surface area contributed by atoms with Crippen molar-refractivity contribution >= 4 is 5.91 Å². The van der Waals surface area contributed by atoms with Gasteiger partial charge in [0, 0.05) is 32.2 Å². The Bertz CT molecular complexity index is 280. The van der Waals surface area contributed by atoms with E-state index in [0.29, 0.717) is 12.6 Å².